The predicted octanol–water partition coefficient (Wildman–Crippen LogP) is -2.93. The molecule has 1 aliphatic carbocycles. The van der Waals surface area contributed by atoms with E-state index in [1.165, 1.54) is 0 Å². The first-order valence-corrected chi connectivity index (χ1v) is 20.1. The fourth-order valence-electron chi connectivity index (χ4n) is 3.55. The van der Waals surface area contributed by atoms with Crippen LogP contribution in [-0.4, -0.2) is 93.0 Å². The molecule has 0 amide bonds. The van der Waals surface area contributed by atoms with Crippen molar-refractivity contribution < 1.29 is 264 Å². The van der Waals surface area contributed by atoms with Gasteiger partial charge in [0.2, 0.25) is 0 Å². The number of rotatable bonds is 40. The van der Waals surface area contributed by atoms with Gasteiger partial charge in [-0.05, 0) is 12.7 Å². The summed E-state index contributed by atoms with van der Waals surface area (Å²) in [6.45, 7) is -13.9. The summed E-state index contributed by atoms with van der Waals surface area (Å²) in [5.41, 5.74) is 0. The Morgan fingerprint density at radius 3 is 1.23 bits per heavy atom. The minimum Gasteiger partial charge on any atom is -0.756 e. The molecule has 0 aromatic heterocycles. The zero-order valence-electron chi connectivity index (χ0n) is 95.7. The predicted molar refractivity (Wildman–Crippen MR) is 227 cm³/mol. The Labute approximate surface area is 547 Å². The standard InChI is InChI=1S/C41H81O19P3.3Na/c1-3-5-7-9-11-13-15-17-19-21-23-25-27-29-34(42)55-31-33(57-35(43)30-28-26-24-22-20-18-16-14-12-10-8-6-4-2)32-56-63(53,54)60-39-36(44)37(45)40(58-61(47,48)49)41(38(39)46)59-62(50,51)52;;;/h33,36-41,44-46H,3-32H2,1-2H3,(H,53,54)(H2,47,48,49)(H2,50,51,52);;;/q;3*+1/p-3/t33?,36-,37+,38+,39-,40-,41-;;;/m1.../s1/i1D3,2D3,3D2,4D2,5D2,6D2,7D2,8D2,9D2,10D2,11D2,12D2,13D2,14D2,15D2,16D2,17D2,18D2,19D2,20D2,21D2,22D2,23D2,24D2,25D2,26D2,27D2,28D2,29D2,30D2;;;. The van der Waals surface area contributed by atoms with Gasteiger partial charge in [-0.1, -0.05) is 167 Å². The molecule has 66 heavy (non-hydrogen) atoms. The van der Waals surface area contributed by atoms with Gasteiger partial charge in [0.05, 0.1) is 6.61 Å². The molecule has 0 spiro atoms. The monoisotopic (exact) mass is 1100 g/mol. The summed E-state index contributed by atoms with van der Waals surface area (Å²) in [6, 6.07) is 0. The van der Waals surface area contributed by atoms with Crippen molar-refractivity contribution in [2.75, 3.05) is 13.2 Å². The molecular formula is C41H78Na3O19P3. The van der Waals surface area contributed by atoms with Crippen LogP contribution in [0.4, 0.5) is 0 Å². The first-order valence-electron chi connectivity index (χ1n) is 46.7. The third-order valence-electron chi connectivity index (χ3n) is 5.70. The van der Waals surface area contributed by atoms with Gasteiger partial charge in [0.15, 0.2) is 6.10 Å². The smallest absolute Gasteiger partial charge is 0.756 e. The Balaban J connectivity index is -0.0000521. The zero-order chi connectivity index (χ0) is 102. The third kappa shape index (κ3) is 37.8. The second-order valence-electron chi connectivity index (χ2n) is 9.99. The van der Waals surface area contributed by atoms with Gasteiger partial charge in [0, 0.05) is 97.7 Å². The molecule has 0 aromatic rings. The molecule has 374 valence electrons. The van der Waals surface area contributed by atoms with E-state index in [9.17, 15) is 63.1 Å². The van der Waals surface area contributed by atoms with Crippen LogP contribution in [-0.2, 0) is 50.9 Å². The summed E-state index contributed by atoms with van der Waals surface area (Å²) in [7, 11) is -19.9. The number of carbonyl (C=O) groups is 2. The zero-order valence-corrected chi connectivity index (χ0v) is 42.4. The van der Waals surface area contributed by atoms with Crippen LogP contribution in [0.15, 0.2) is 0 Å². The van der Waals surface area contributed by atoms with Crippen LogP contribution in [0.25, 0.3) is 0 Å². The Kier molecular flexibility index (Phi) is 12.2. The average molecular weight is 1100 g/mol. The topological polar surface area (TPSA) is 311 Å². The van der Waals surface area contributed by atoms with E-state index in [4.69, 9.17) is 85.0 Å². The molecule has 1 saturated carbocycles. The second kappa shape index (κ2) is 42.5. The first kappa shape index (κ1) is 19.0. The number of esters is 2. The van der Waals surface area contributed by atoms with Gasteiger partial charge in [-0.15, -0.1) is 0 Å². The van der Waals surface area contributed by atoms with E-state index in [1.807, 2.05) is 0 Å². The van der Waals surface area contributed by atoms with E-state index < -0.39 is 283 Å². The average Bonchev–Trinajstić information content (AvgIpc) is 0.592. The van der Waals surface area contributed by atoms with Gasteiger partial charge in [-0.3, -0.25) is 23.3 Å². The minimum atomic E-state index is -7.06. The largest absolute Gasteiger partial charge is 1.00 e. The van der Waals surface area contributed by atoms with Crippen molar-refractivity contribution in [3.8, 4) is 0 Å². The van der Waals surface area contributed by atoms with Gasteiger partial charge in [-0.25, -0.2) is 0 Å². The molecule has 0 bridgehead atoms. The van der Waals surface area contributed by atoms with Crippen LogP contribution in [0.2, 0.25) is 0 Å². The Morgan fingerprint density at radius 1 is 0.515 bits per heavy atom. The van der Waals surface area contributed by atoms with E-state index in [-0.39, 0.29) is 88.7 Å². The molecule has 1 aliphatic rings. The Bertz CT molecular complexity index is 4050. The van der Waals surface area contributed by atoms with Gasteiger partial charge in [0.25, 0.3) is 23.5 Å². The number of phosphoric acid groups is 3. The fraction of sp³-hybridized carbons (Fsp3) is 0.951. The van der Waals surface area contributed by atoms with Gasteiger partial charge >= 0.3 is 101 Å². The number of hydrogen-bond acceptors (Lipinski definition) is 17. The number of aliphatic hydroxyl groups is 3. The molecule has 0 heterocycles. The van der Waals surface area contributed by atoms with Crippen molar-refractivity contribution in [3.63, 3.8) is 0 Å². The maximum Gasteiger partial charge on any atom is 1.00 e. The number of hydrogen-bond donors (Lipinski definition) is 5. The number of aliphatic hydroxyl groups excluding tert-OH is 3. The van der Waals surface area contributed by atoms with E-state index in [1.54, 1.807) is 0 Å². The summed E-state index contributed by atoms with van der Waals surface area (Å²) < 4.78 is 572. The van der Waals surface area contributed by atoms with Crippen LogP contribution in [0.1, 0.15) is 277 Å². The summed E-state index contributed by atoms with van der Waals surface area (Å²) in [5.74, 6) is -6.71. The number of phosphoric ester groups is 3. The summed E-state index contributed by atoms with van der Waals surface area (Å²) >= 11 is 0. The van der Waals surface area contributed by atoms with Gasteiger partial charge < -0.3 is 67.4 Å². The van der Waals surface area contributed by atoms with Crippen LogP contribution in [0.5, 0.6) is 0 Å². The van der Waals surface area contributed by atoms with E-state index >= 15 is 0 Å². The summed E-state index contributed by atoms with van der Waals surface area (Å²) in [5, 5.41) is 32.2. The van der Waals surface area contributed by atoms with Crippen LogP contribution < -0.4 is 103 Å². The first-order chi connectivity index (χ1) is 53.1. The molecule has 0 aromatic carbocycles. The second-order valence-corrected chi connectivity index (χ2v) is 13.6. The summed E-state index contributed by atoms with van der Waals surface area (Å²) in [6.07, 6.45) is -175. The van der Waals surface area contributed by atoms with E-state index in [0.29, 0.717) is 0 Å². The van der Waals surface area contributed by atoms with Crippen molar-refractivity contribution in [1.29, 1.82) is 0 Å². The minimum absolute atomic E-state index is 0. The molecule has 0 aliphatic heterocycles. The van der Waals surface area contributed by atoms with Crippen molar-refractivity contribution in [2.45, 2.75) is 235 Å². The quantitative estimate of drug-likeness (QED) is 0.0233. The van der Waals surface area contributed by atoms with Gasteiger partial charge in [0.1, 0.15) is 43.2 Å². The van der Waals surface area contributed by atoms with Crippen molar-refractivity contribution in [3.05, 3.63) is 0 Å². The molecule has 1 rings (SSSR count). The molecule has 4 unspecified atom stereocenters. The van der Waals surface area contributed by atoms with Crippen molar-refractivity contribution in [2.24, 2.45) is 0 Å². The van der Waals surface area contributed by atoms with Crippen molar-refractivity contribution >= 4 is 35.4 Å². The molecule has 0 radical (unpaired) electrons. The maximum absolute atomic E-state index is 14.1. The van der Waals surface area contributed by atoms with Crippen molar-refractivity contribution in [1.82, 2.24) is 0 Å². The molecule has 10 atom stereocenters. The van der Waals surface area contributed by atoms with Crippen LogP contribution >= 0.6 is 23.5 Å². The molecule has 5 N–H and O–H groups in total. The molecule has 25 heteroatoms. The SMILES string of the molecule is [2H]C([2H])([2H])C([2H])([2H])C([2H])([2H])C([2H])([2H])C([2H])([2H])C([2H])([2H])C([2H])([2H])C([2H])([2H])C([2H])([2H])C([2H])([2H])C([2H])([2H])C([2H])([2H])C([2H])([2H])C([2H])([2H])C([2H])([2H])C(=O)OCC(COP(=O)([O-])O[C@@H]1[C@H](O)[C@H](O)[C@@H](OP(=O)([O-])O)[C@H](OP(=O)([O-])O)[C@H]1O)OC(=O)C([2H])([2H])C([2H])([2H])C([2H])([2H])C([2H])([2H])C([2H])([2H])C([2H])([2H])C([2H])([2H])C([2H])([2H])C([2H])([2H])C([2H])([2H])C([2H])([2H])C([2H])([2H])C([2H])([2H])C([2H])([2H])C([2H])([2H])[2H].[Na+].[Na+].[Na+]. The maximum atomic E-state index is 14.1. The van der Waals surface area contributed by atoms with E-state index in [0.717, 1.165) is 0 Å². The molecular weight excluding hydrogens is 958 g/mol. The molecule has 0 saturated heterocycles. The number of ether oxygens (including phenoxy) is 2. The summed E-state index contributed by atoms with van der Waals surface area (Å²) in [4.78, 5) is 83.5. The number of carbonyl (C=O) groups excluding carboxylic acids is 2. The van der Waals surface area contributed by atoms with E-state index in [2.05, 4.69) is 27.6 Å². The normalized spacial score (nSPS) is 43.0. The Hall–Kier alpha value is 2.15. The third-order valence-corrected chi connectivity index (χ3v) is 7.69. The Morgan fingerprint density at radius 2 is 0.848 bits per heavy atom. The molecule has 1 fully saturated rings. The molecule has 19 nitrogen and oxygen atoms in total. The fourth-order valence-corrected chi connectivity index (χ4v) is 5.61. The van der Waals surface area contributed by atoms with Gasteiger partial charge in [-0.2, -0.15) is 0 Å². The van der Waals surface area contributed by atoms with Crippen LogP contribution in [0, 0.1) is 0 Å². The van der Waals surface area contributed by atoms with Crippen LogP contribution in [0.3, 0.4) is 0 Å².